The van der Waals surface area contributed by atoms with Gasteiger partial charge in [0.15, 0.2) is 5.13 Å². The van der Waals surface area contributed by atoms with Gasteiger partial charge in [0.05, 0.1) is 15.7 Å². The van der Waals surface area contributed by atoms with Gasteiger partial charge in [-0.05, 0) is 66.2 Å². The smallest absolute Gasteiger partial charge is 0.272 e. The molecule has 6 rings (SSSR count). The van der Waals surface area contributed by atoms with Crippen molar-refractivity contribution >= 4 is 80.9 Å². The van der Waals surface area contributed by atoms with Crippen molar-refractivity contribution in [3.05, 3.63) is 171 Å². The number of carbonyl (C=O) groups excluding carboxylic acids is 3. The molecule has 1 aromatic heterocycles. The van der Waals surface area contributed by atoms with Crippen LogP contribution in [0.2, 0.25) is 10.0 Å². The Morgan fingerprint density at radius 3 is 2.18 bits per heavy atom. The summed E-state index contributed by atoms with van der Waals surface area (Å²) in [7, 11) is 0. The number of amides is 3. The number of carbonyl (C=O) groups is 3. The first-order valence-electron chi connectivity index (χ1n) is 15.4. The normalized spacial score (nSPS) is 11.8. The quantitative estimate of drug-likeness (QED) is 0.0904. The second-order valence-electron chi connectivity index (χ2n) is 10.9. The Bertz CT molecular complexity index is 2220. The minimum absolute atomic E-state index is 0.135. The molecule has 0 radical (unpaired) electrons. The highest BCUT2D eigenvalue weighted by Gasteiger charge is 2.24. The average molecular weight is 754 g/mol. The molecule has 3 amide bonds. The molecule has 1 heterocycles. The van der Waals surface area contributed by atoms with E-state index in [0.29, 0.717) is 32.1 Å². The molecule has 0 saturated carbocycles. The number of hydrogen-bond donors (Lipinski definition) is 3. The Kier molecular flexibility index (Phi) is 11.6. The highest BCUT2D eigenvalue weighted by Crippen LogP contribution is 2.38. The molecule has 7 nitrogen and oxygen atoms in total. The van der Waals surface area contributed by atoms with Gasteiger partial charge >= 0.3 is 0 Å². The molecule has 0 aliphatic rings. The second kappa shape index (κ2) is 16.6. The Morgan fingerprint density at radius 1 is 0.784 bits per heavy atom. The Morgan fingerprint density at radius 2 is 1.47 bits per heavy atom. The van der Waals surface area contributed by atoms with Crippen LogP contribution >= 0.6 is 46.3 Å². The van der Waals surface area contributed by atoms with Crippen LogP contribution < -0.4 is 16.0 Å². The molecule has 0 bridgehead atoms. The number of hydrogen-bond acceptors (Lipinski definition) is 6. The first-order chi connectivity index (χ1) is 24.7. The molecule has 1 atom stereocenters. The van der Waals surface area contributed by atoms with Crippen molar-refractivity contribution in [2.75, 3.05) is 10.6 Å². The van der Waals surface area contributed by atoms with Crippen LogP contribution in [-0.4, -0.2) is 22.7 Å². The van der Waals surface area contributed by atoms with E-state index in [1.54, 1.807) is 72.8 Å². The molecule has 51 heavy (non-hydrogen) atoms. The van der Waals surface area contributed by atoms with Crippen LogP contribution in [0.5, 0.6) is 0 Å². The van der Waals surface area contributed by atoms with Gasteiger partial charge in [0.25, 0.3) is 11.8 Å². The summed E-state index contributed by atoms with van der Waals surface area (Å²) in [6, 6.07) is 35.9. The third kappa shape index (κ3) is 9.30. The van der Waals surface area contributed by atoms with Crippen LogP contribution in [0.15, 0.2) is 143 Å². The maximum absolute atomic E-state index is 14.5. The molecule has 0 spiro atoms. The molecule has 0 aliphatic carbocycles. The predicted molar refractivity (Wildman–Crippen MR) is 205 cm³/mol. The number of rotatable bonds is 11. The van der Waals surface area contributed by atoms with E-state index in [-0.39, 0.29) is 17.2 Å². The molecule has 1 unspecified atom stereocenters. The molecule has 0 fully saturated rings. The van der Waals surface area contributed by atoms with E-state index >= 15 is 0 Å². The van der Waals surface area contributed by atoms with Crippen LogP contribution in [0, 0.1) is 5.82 Å². The highest BCUT2D eigenvalue weighted by atomic mass is 35.5. The molecule has 254 valence electrons. The van der Waals surface area contributed by atoms with Crippen molar-refractivity contribution in [1.82, 2.24) is 10.3 Å². The maximum Gasteiger partial charge on any atom is 0.272 e. The van der Waals surface area contributed by atoms with Gasteiger partial charge in [-0.3, -0.25) is 14.4 Å². The van der Waals surface area contributed by atoms with Crippen LogP contribution in [0.3, 0.4) is 0 Å². The van der Waals surface area contributed by atoms with E-state index in [1.807, 2.05) is 41.8 Å². The van der Waals surface area contributed by atoms with E-state index in [4.69, 9.17) is 23.2 Å². The highest BCUT2D eigenvalue weighted by molar-refractivity contribution is 8.00. The lowest BCUT2D eigenvalue weighted by atomic mass is 10.1. The van der Waals surface area contributed by atoms with Gasteiger partial charge in [0, 0.05) is 32.7 Å². The molecule has 3 N–H and O–H groups in total. The van der Waals surface area contributed by atoms with E-state index in [2.05, 4.69) is 20.9 Å². The number of anilines is 2. The average Bonchev–Trinajstić information content (AvgIpc) is 3.62. The fourth-order valence-electron chi connectivity index (χ4n) is 4.83. The van der Waals surface area contributed by atoms with Gasteiger partial charge in [-0.25, -0.2) is 9.37 Å². The Labute approximate surface area is 311 Å². The Hall–Kier alpha value is -5.26. The predicted octanol–water partition coefficient (Wildman–Crippen LogP) is 10.1. The van der Waals surface area contributed by atoms with Gasteiger partial charge in [-0.2, -0.15) is 0 Å². The third-order valence-corrected chi connectivity index (χ3v) is 10.2. The molecular weight excluding hydrogens is 726 g/mol. The monoisotopic (exact) mass is 752 g/mol. The summed E-state index contributed by atoms with van der Waals surface area (Å²) in [6.45, 7) is 0. The molecule has 5 aromatic carbocycles. The van der Waals surface area contributed by atoms with Crippen LogP contribution in [-0.2, 0) is 9.59 Å². The van der Waals surface area contributed by atoms with Gasteiger partial charge in [0.2, 0.25) is 5.91 Å². The zero-order valence-corrected chi connectivity index (χ0v) is 29.6. The number of benzene rings is 5. The third-order valence-electron chi connectivity index (χ3n) is 7.39. The van der Waals surface area contributed by atoms with Crippen LogP contribution in [0.25, 0.3) is 17.3 Å². The number of aromatic nitrogens is 1. The van der Waals surface area contributed by atoms with Crippen molar-refractivity contribution in [2.24, 2.45) is 0 Å². The van der Waals surface area contributed by atoms with Crippen LogP contribution in [0.4, 0.5) is 15.2 Å². The SMILES string of the molecule is O=C(Nc1ccc(SC(C(=O)Nc2nc(-c3ccc(Cl)c(Cl)c3)cs2)c2ccccc2)cc1)/C(=C/c1ccccc1F)NC(=O)c1ccccc1. The van der Waals surface area contributed by atoms with Gasteiger partial charge in [-0.1, -0.05) is 96.0 Å². The van der Waals surface area contributed by atoms with Crippen molar-refractivity contribution in [1.29, 1.82) is 0 Å². The zero-order chi connectivity index (χ0) is 35.7. The summed E-state index contributed by atoms with van der Waals surface area (Å²) >= 11 is 14.9. The molecule has 0 saturated heterocycles. The molecule has 12 heteroatoms. The van der Waals surface area contributed by atoms with Crippen molar-refractivity contribution in [3.8, 4) is 11.3 Å². The van der Waals surface area contributed by atoms with E-state index < -0.39 is 22.9 Å². The van der Waals surface area contributed by atoms with Crippen molar-refractivity contribution in [3.63, 3.8) is 0 Å². The number of thioether (sulfide) groups is 1. The van der Waals surface area contributed by atoms with Crippen molar-refractivity contribution < 1.29 is 18.8 Å². The second-order valence-corrected chi connectivity index (χ2v) is 13.8. The fraction of sp³-hybridized carbons (Fsp3) is 0.0256. The summed E-state index contributed by atoms with van der Waals surface area (Å²) < 4.78 is 14.5. The van der Waals surface area contributed by atoms with Crippen molar-refractivity contribution in [2.45, 2.75) is 10.1 Å². The minimum atomic E-state index is -0.645. The fourth-order valence-corrected chi connectivity index (χ4v) is 6.88. The Balaban J connectivity index is 1.17. The lowest BCUT2D eigenvalue weighted by Gasteiger charge is -2.17. The molecule has 6 aromatic rings. The summed E-state index contributed by atoms with van der Waals surface area (Å²) in [5.41, 5.74) is 2.98. The number of nitrogens with one attached hydrogen (secondary N) is 3. The summed E-state index contributed by atoms with van der Waals surface area (Å²) in [6.07, 6.45) is 1.29. The summed E-state index contributed by atoms with van der Waals surface area (Å²) in [5.74, 6) is -1.98. The largest absolute Gasteiger partial charge is 0.321 e. The number of thiazole rings is 1. The van der Waals surface area contributed by atoms with E-state index in [0.717, 1.165) is 16.0 Å². The summed E-state index contributed by atoms with van der Waals surface area (Å²) in [5, 5.41) is 10.8. The first-order valence-corrected chi connectivity index (χ1v) is 17.9. The van der Waals surface area contributed by atoms with Gasteiger partial charge < -0.3 is 16.0 Å². The van der Waals surface area contributed by atoms with E-state index in [1.165, 1.54) is 47.4 Å². The lowest BCUT2D eigenvalue weighted by Crippen LogP contribution is -2.30. The first kappa shape index (κ1) is 35.6. The maximum atomic E-state index is 14.5. The summed E-state index contributed by atoms with van der Waals surface area (Å²) in [4.78, 5) is 45.4. The van der Waals surface area contributed by atoms with Gasteiger partial charge in [-0.15, -0.1) is 23.1 Å². The standard InChI is InChI=1S/C39H27Cl2FN4O3S2/c40-30-20-15-27(21-31(30)41)34-23-50-39(45-34)46-38(49)35(24-9-3-1-4-10-24)51-29-18-16-28(17-19-29)43-37(48)33(22-26-13-7-8-14-32(26)42)44-36(47)25-11-5-2-6-12-25/h1-23,35H,(H,43,48)(H,44,47)(H,45,46,49)/b33-22-. The van der Waals surface area contributed by atoms with Gasteiger partial charge in [0.1, 0.15) is 16.8 Å². The zero-order valence-electron chi connectivity index (χ0n) is 26.5. The number of nitrogens with zero attached hydrogens (tertiary/aromatic N) is 1. The van der Waals surface area contributed by atoms with Crippen LogP contribution in [0.1, 0.15) is 26.7 Å². The topological polar surface area (TPSA) is 100 Å². The van der Waals surface area contributed by atoms with E-state index in [9.17, 15) is 18.8 Å². The number of halogens is 3. The molecular formula is C39H27Cl2FN4O3S2. The molecule has 0 aliphatic heterocycles. The minimum Gasteiger partial charge on any atom is -0.321 e. The lowest BCUT2D eigenvalue weighted by molar-refractivity contribution is -0.116.